The van der Waals surface area contributed by atoms with Crippen molar-refractivity contribution in [2.24, 2.45) is 5.92 Å². The van der Waals surface area contributed by atoms with Gasteiger partial charge in [0.2, 0.25) is 0 Å². The maximum Gasteiger partial charge on any atom is 0.123 e. The van der Waals surface area contributed by atoms with E-state index < -0.39 is 0 Å². The summed E-state index contributed by atoms with van der Waals surface area (Å²) in [6.45, 7) is 0. The number of aldehydes is 1. The Balaban J connectivity index is 2.00. The van der Waals surface area contributed by atoms with Gasteiger partial charge in [-0.1, -0.05) is 45.3 Å². The van der Waals surface area contributed by atoms with E-state index in [1.54, 1.807) is 0 Å². The van der Waals surface area contributed by atoms with E-state index in [0.717, 1.165) is 21.3 Å². The number of rotatable bonds is 3. The largest absolute Gasteiger partial charge is 0.303 e. The Morgan fingerprint density at radius 2 is 2.00 bits per heavy atom. The molecule has 1 aromatic rings. The molecule has 0 aromatic heterocycles. The molecule has 0 aliphatic heterocycles. The van der Waals surface area contributed by atoms with Gasteiger partial charge in [-0.05, 0) is 23.8 Å². The van der Waals surface area contributed by atoms with Crippen molar-refractivity contribution < 1.29 is 4.79 Å². The quantitative estimate of drug-likeness (QED) is 0.548. The lowest BCUT2D eigenvalue weighted by molar-refractivity contribution is -0.110. The van der Waals surface area contributed by atoms with Crippen LogP contribution in [0.4, 0.5) is 0 Å². The van der Waals surface area contributed by atoms with Gasteiger partial charge in [-0.2, -0.15) is 0 Å². The van der Waals surface area contributed by atoms with Crippen LogP contribution < -0.4 is 5.30 Å². The molecule has 14 heavy (non-hydrogen) atoms. The van der Waals surface area contributed by atoms with Crippen molar-refractivity contribution in [2.45, 2.75) is 24.9 Å². The van der Waals surface area contributed by atoms with Crippen LogP contribution in [0.1, 0.15) is 19.3 Å². The Morgan fingerprint density at radius 3 is 2.71 bits per heavy atom. The summed E-state index contributed by atoms with van der Waals surface area (Å²) in [5, 5.41) is 1.39. The SMILES string of the molecule is O=C[C@@H]1CCCC1Pc1ccccc1. The van der Waals surface area contributed by atoms with Crippen LogP contribution in [-0.2, 0) is 4.79 Å². The highest BCUT2D eigenvalue weighted by molar-refractivity contribution is 7.48. The van der Waals surface area contributed by atoms with Crippen LogP contribution in [0.3, 0.4) is 0 Å². The standard InChI is InChI=1S/C12H15OP/c13-9-10-5-4-8-12(10)14-11-6-2-1-3-7-11/h1-3,6-7,9-10,12,14H,4-5,8H2/t10-,12?/m0/s1. The Morgan fingerprint density at radius 1 is 1.21 bits per heavy atom. The molecule has 2 heteroatoms. The van der Waals surface area contributed by atoms with Gasteiger partial charge >= 0.3 is 0 Å². The predicted octanol–water partition coefficient (Wildman–Crippen LogP) is 2.36. The molecule has 0 bridgehead atoms. The Hall–Kier alpha value is -0.680. The molecule has 1 aliphatic carbocycles. The first-order valence-corrected chi connectivity index (χ1v) is 6.25. The molecule has 0 saturated heterocycles. The highest BCUT2D eigenvalue weighted by Gasteiger charge is 2.26. The molecule has 0 spiro atoms. The first-order valence-electron chi connectivity index (χ1n) is 5.17. The molecule has 0 amide bonds. The molecular weight excluding hydrogens is 191 g/mol. The van der Waals surface area contributed by atoms with E-state index >= 15 is 0 Å². The highest BCUT2D eigenvalue weighted by Crippen LogP contribution is 2.37. The molecule has 0 heterocycles. The van der Waals surface area contributed by atoms with E-state index in [9.17, 15) is 4.79 Å². The summed E-state index contributed by atoms with van der Waals surface area (Å²) in [5.41, 5.74) is 0.620. The molecule has 1 nitrogen and oxygen atoms in total. The molecule has 74 valence electrons. The topological polar surface area (TPSA) is 17.1 Å². The van der Waals surface area contributed by atoms with Gasteiger partial charge in [0, 0.05) is 5.92 Å². The van der Waals surface area contributed by atoms with Gasteiger partial charge in [0.15, 0.2) is 0 Å². The van der Waals surface area contributed by atoms with Crippen molar-refractivity contribution in [3.63, 3.8) is 0 Å². The number of hydrogen-bond acceptors (Lipinski definition) is 1. The fourth-order valence-corrected chi connectivity index (χ4v) is 3.70. The molecule has 3 atom stereocenters. The third kappa shape index (κ3) is 2.22. The first kappa shape index (κ1) is 9.86. The van der Waals surface area contributed by atoms with Gasteiger partial charge in [-0.3, -0.25) is 0 Å². The normalized spacial score (nSPS) is 27.1. The van der Waals surface area contributed by atoms with Crippen LogP contribution in [0.2, 0.25) is 0 Å². The molecular formula is C12H15OP. The minimum absolute atomic E-state index is 0.327. The lowest BCUT2D eigenvalue weighted by Crippen LogP contribution is -2.13. The van der Waals surface area contributed by atoms with Crippen LogP contribution in [0, 0.1) is 5.92 Å². The third-order valence-electron chi connectivity index (χ3n) is 2.87. The average Bonchev–Trinajstić information content (AvgIpc) is 2.67. The fraction of sp³-hybridized carbons (Fsp3) is 0.417. The van der Waals surface area contributed by atoms with Crippen LogP contribution in [0.5, 0.6) is 0 Å². The summed E-state index contributed by atoms with van der Waals surface area (Å²) >= 11 is 0. The van der Waals surface area contributed by atoms with Crippen LogP contribution in [-0.4, -0.2) is 11.9 Å². The molecule has 1 aliphatic rings. The summed E-state index contributed by atoms with van der Waals surface area (Å²) in [6, 6.07) is 10.5. The summed E-state index contributed by atoms with van der Waals surface area (Å²) in [4.78, 5) is 10.8. The predicted molar refractivity (Wildman–Crippen MR) is 61.6 cm³/mol. The zero-order valence-corrected chi connectivity index (χ0v) is 9.15. The second-order valence-corrected chi connectivity index (χ2v) is 5.46. The van der Waals surface area contributed by atoms with Gasteiger partial charge < -0.3 is 4.79 Å². The van der Waals surface area contributed by atoms with Crippen molar-refractivity contribution in [2.75, 3.05) is 0 Å². The number of carbonyl (C=O) groups excluding carboxylic acids is 1. The summed E-state index contributed by atoms with van der Waals surface area (Å²) in [5.74, 6) is 0.327. The van der Waals surface area contributed by atoms with E-state index in [1.807, 2.05) is 6.07 Å². The Kier molecular flexibility index (Phi) is 3.31. The highest BCUT2D eigenvalue weighted by atomic mass is 31.1. The van der Waals surface area contributed by atoms with E-state index in [1.165, 1.54) is 18.1 Å². The number of benzene rings is 1. The lowest BCUT2D eigenvalue weighted by Gasteiger charge is -2.13. The maximum absolute atomic E-state index is 10.8. The van der Waals surface area contributed by atoms with Gasteiger partial charge in [0.25, 0.3) is 0 Å². The molecule has 0 radical (unpaired) electrons. The zero-order valence-electron chi connectivity index (χ0n) is 8.15. The lowest BCUT2D eigenvalue weighted by atomic mass is 10.1. The van der Waals surface area contributed by atoms with E-state index in [-0.39, 0.29) is 0 Å². The maximum atomic E-state index is 10.8. The summed E-state index contributed by atoms with van der Waals surface area (Å²) in [7, 11) is 0.814. The average molecular weight is 206 g/mol. The van der Waals surface area contributed by atoms with E-state index in [0.29, 0.717) is 11.6 Å². The second kappa shape index (κ2) is 4.70. The van der Waals surface area contributed by atoms with Gasteiger partial charge in [-0.25, -0.2) is 0 Å². The van der Waals surface area contributed by atoms with Gasteiger partial charge in [-0.15, -0.1) is 0 Å². The number of hydrogen-bond donors (Lipinski definition) is 0. The molecule has 0 N–H and O–H groups in total. The van der Waals surface area contributed by atoms with E-state index in [4.69, 9.17) is 0 Å². The van der Waals surface area contributed by atoms with Crippen molar-refractivity contribution in [3.05, 3.63) is 30.3 Å². The molecule has 1 saturated carbocycles. The first-order chi connectivity index (χ1) is 6.90. The summed E-state index contributed by atoms with van der Waals surface area (Å²) in [6.07, 6.45) is 4.73. The number of carbonyl (C=O) groups is 1. The van der Waals surface area contributed by atoms with Crippen molar-refractivity contribution >= 4 is 20.2 Å². The fourth-order valence-electron chi connectivity index (χ4n) is 2.08. The summed E-state index contributed by atoms with van der Waals surface area (Å²) < 4.78 is 0. The van der Waals surface area contributed by atoms with Crippen molar-refractivity contribution in [3.8, 4) is 0 Å². The van der Waals surface area contributed by atoms with E-state index in [2.05, 4.69) is 24.3 Å². The van der Waals surface area contributed by atoms with Gasteiger partial charge in [0.05, 0.1) is 0 Å². The van der Waals surface area contributed by atoms with Crippen molar-refractivity contribution in [1.29, 1.82) is 0 Å². The van der Waals surface area contributed by atoms with Crippen molar-refractivity contribution in [1.82, 2.24) is 0 Å². The smallest absolute Gasteiger partial charge is 0.123 e. The Labute approximate surface area is 86.7 Å². The van der Waals surface area contributed by atoms with Crippen LogP contribution >= 0.6 is 8.58 Å². The second-order valence-electron chi connectivity index (χ2n) is 3.85. The Bertz CT molecular complexity index is 296. The van der Waals surface area contributed by atoms with Gasteiger partial charge in [0.1, 0.15) is 6.29 Å². The molecule has 1 fully saturated rings. The molecule has 2 rings (SSSR count). The minimum Gasteiger partial charge on any atom is -0.303 e. The third-order valence-corrected chi connectivity index (χ3v) is 4.62. The van der Waals surface area contributed by atoms with Crippen LogP contribution in [0.15, 0.2) is 30.3 Å². The molecule has 2 unspecified atom stereocenters. The zero-order chi connectivity index (χ0) is 9.80. The monoisotopic (exact) mass is 206 g/mol. The van der Waals surface area contributed by atoms with Crippen LogP contribution in [0.25, 0.3) is 0 Å². The molecule has 1 aromatic carbocycles. The minimum atomic E-state index is 0.327.